The molecule has 41 heavy (non-hydrogen) atoms. The number of aryl methyl sites for hydroxylation is 1. The van der Waals surface area contributed by atoms with Crippen LogP contribution in [-0.4, -0.2) is 63.6 Å². The molecule has 214 valence electrons. The van der Waals surface area contributed by atoms with Crippen molar-refractivity contribution in [2.75, 3.05) is 24.3 Å². The van der Waals surface area contributed by atoms with Crippen molar-refractivity contribution >= 4 is 46.3 Å². The minimum absolute atomic E-state index is 0.0111. The lowest BCUT2D eigenvalue weighted by Crippen LogP contribution is -2.58. The molecular formula is C29H31N5O7. The van der Waals surface area contributed by atoms with E-state index in [0.29, 0.717) is 16.9 Å². The number of aliphatic hydroxyl groups excluding tert-OH is 2. The molecule has 2 aromatic carbocycles. The van der Waals surface area contributed by atoms with Crippen molar-refractivity contribution in [2.45, 2.75) is 31.8 Å². The van der Waals surface area contributed by atoms with Crippen LogP contribution in [0, 0.1) is 18.8 Å². The van der Waals surface area contributed by atoms with Gasteiger partial charge in [-0.05, 0) is 49.4 Å². The van der Waals surface area contributed by atoms with E-state index in [0.717, 1.165) is 5.56 Å². The number of benzene rings is 2. The van der Waals surface area contributed by atoms with E-state index in [1.807, 2.05) is 31.2 Å². The number of primary amides is 1. The summed E-state index contributed by atoms with van der Waals surface area (Å²) in [5.74, 6) is -6.98. The highest BCUT2D eigenvalue weighted by Crippen LogP contribution is 2.54. The van der Waals surface area contributed by atoms with Crippen LogP contribution in [0.5, 0.6) is 5.75 Å². The van der Waals surface area contributed by atoms with Crippen LogP contribution in [0.15, 0.2) is 52.2 Å². The molecule has 0 radical (unpaired) electrons. The van der Waals surface area contributed by atoms with E-state index in [-0.39, 0.29) is 42.0 Å². The molecule has 3 aliphatic rings. The van der Waals surface area contributed by atoms with Gasteiger partial charge >= 0.3 is 0 Å². The van der Waals surface area contributed by atoms with Crippen LogP contribution in [0.3, 0.4) is 0 Å². The molecule has 0 heterocycles. The molecule has 12 nitrogen and oxygen atoms in total. The van der Waals surface area contributed by atoms with Gasteiger partial charge in [-0.15, -0.1) is 0 Å². The third-order valence-electron chi connectivity index (χ3n) is 8.07. The van der Waals surface area contributed by atoms with E-state index in [2.05, 4.69) is 10.3 Å². The van der Waals surface area contributed by atoms with E-state index in [4.69, 9.17) is 11.5 Å². The van der Waals surface area contributed by atoms with Crippen molar-refractivity contribution in [3.05, 3.63) is 63.9 Å². The number of hydrogen-bond acceptors (Lipinski definition) is 9. The van der Waals surface area contributed by atoms with Crippen molar-refractivity contribution < 1.29 is 34.8 Å². The maximum Gasteiger partial charge on any atom is 0.255 e. The van der Waals surface area contributed by atoms with Gasteiger partial charge in [0.05, 0.1) is 5.56 Å². The van der Waals surface area contributed by atoms with Crippen LogP contribution in [0.2, 0.25) is 0 Å². The summed E-state index contributed by atoms with van der Waals surface area (Å²) in [5, 5.41) is 47.9. The number of carbonyl (C=O) groups is 3. The topological polar surface area (TPSA) is 212 Å². The zero-order chi connectivity index (χ0) is 30.0. The minimum Gasteiger partial charge on any atom is -0.508 e. The monoisotopic (exact) mass is 561 g/mol. The van der Waals surface area contributed by atoms with Gasteiger partial charge in [-0.1, -0.05) is 17.7 Å². The Morgan fingerprint density at radius 2 is 1.76 bits per heavy atom. The van der Waals surface area contributed by atoms with E-state index >= 15 is 0 Å². The Labute approximate surface area is 235 Å². The first-order valence-electron chi connectivity index (χ1n) is 13.0. The maximum atomic E-state index is 13.8. The molecule has 1 saturated carbocycles. The first-order chi connectivity index (χ1) is 19.2. The molecule has 3 aliphatic carbocycles. The second-order valence-electron chi connectivity index (χ2n) is 10.9. The number of anilines is 2. The number of phenolic OH excluding ortho intramolecular Hbond substituents is 1. The van der Waals surface area contributed by atoms with Gasteiger partial charge in [-0.2, -0.15) is 0 Å². The largest absolute Gasteiger partial charge is 0.508 e. The van der Waals surface area contributed by atoms with Gasteiger partial charge in [0.2, 0.25) is 5.78 Å². The van der Waals surface area contributed by atoms with Crippen LogP contribution in [0.25, 0.3) is 5.76 Å². The molecule has 0 unspecified atom stereocenters. The summed E-state index contributed by atoms with van der Waals surface area (Å²) < 4.78 is 0. The fraction of sp³-hybridized carbons (Fsp3) is 0.310. The zero-order valence-electron chi connectivity index (χ0n) is 22.7. The molecule has 3 atom stereocenters. The van der Waals surface area contributed by atoms with E-state index < -0.39 is 57.8 Å². The van der Waals surface area contributed by atoms with E-state index in [1.54, 1.807) is 25.1 Å². The number of phenols is 1. The van der Waals surface area contributed by atoms with Crippen LogP contribution in [0.1, 0.15) is 29.5 Å². The summed E-state index contributed by atoms with van der Waals surface area (Å²) in [4.78, 5) is 44.2. The highest BCUT2D eigenvalue weighted by molar-refractivity contribution is 6.22. The first kappa shape index (κ1) is 27.7. The Hall–Kier alpha value is -4.84. The number of carbonyl (C=O) groups excluding carboxylic acids is 3. The van der Waals surface area contributed by atoms with Crippen molar-refractivity contribution in [1.82, 2.24) is 0 Å². The molecule has 0 aromatic heterocycles. The van der Waals surface area contributed by atoms with Crippen molar-refractivity contribution in [2.24, 2.45) is 28.3 Å². The maximum absolute atomic E-state index is 13.8. The second-order valence-corrected chi connectivity index (χ2v) is 10.9. The fourth-order valence-electron chi connectivity index (χ4n) is 6.08. The number of amides is 1. The number of nitrogens with two attached hydrogens (primary N) is 2. The van der Waals surface area contributed by atoms with Crippen LogP contribution in [-0.2, 0) is 20.8 Å². The predicted molar refractivity (Wildman–Crippen MR) is 152 cm³/mol. The number of aliphatic hydroxyl groups is 3. The number of nitrogens with zero attached hydrogens (tertiary/aromatic N) is 2. The second kappa shape index (κ2) is 9.66. The molecule has 9 N–H and O–H groups in total. The average Bonchev–Trinajstić information content (AvgIpc) is 2.88. The number of ketones is 2. The summed E-state index contributed by atoms with van der Waals surface area (Å²) in [7, 11) is 3.53. The Balaban J connectivity index is 1.64. The van der Waals surface area contributed by atoms with E-state index in [9.17, 15) is 34.8 Å². The van der Waals surface area contributed by atoms with E-state index in [1.165, 1.54) is 0 Å². The third-order valence-corrected chi connectivity index (χ3v) is 8.07. The molecule has 12 heteroatoms. The summed E-state index contributed by atoms with van der Waals surface area (Å²) in [5.41, 5.74) is 10.5. The lowest BCUT2D eigenvalue weighted by atomic mass is 9.59. The Bertz CT molecular complexity index is 1610. The third kappa shape index (κ3) is 4.27. The zero-order valence-corrected chi connectivity index (χ0v) is 22.7. The number of nitrogens with one attached hydrogen (secondary N) is 1. The normalized spacial score (nSPS) is 24.0. The Morgan fingerprint density at radius 1 is 1.10 bits per heavy atom. The van der Waals surface area contributed by atoms with Crippen molar-refractivity contribution in [1.29, 1.82) is 0 Å². The molecule has 0 spiro atoms. The average molecular weight is 562 g/mol. The highest BCUT2D eigenvalue weighted by atomic mass is 16.3. The summed E-state index contributed by atoms with van der Waals surface area (Å²) in [6.45, 7) is 1.94. The Kier molecular flexibility index (Phi) is 6.53. The first-order valence-corrected chi connectivity index (χ1v) is 13.0. The van der Waals surface area contributed by atoms with Gasteiger partial charge in [0.25, 0.3) is 5.91 Å². The number of guanidine groups is 1. The quantitative estimate of drug-likeness (QED) is 0.163. The van der Waals surface area contributed by atoms with Gasteiger partial charge in [0, 0.05) is 43.4 Å². The number of fused-ring (bicyclic) bond motifs is 3. The number of hydrogen-bond donors (Lipinski definition) is 7. The summed E-state index contributed by atoms with van der Waals surface area (Å²) >= 11 is 0. The van der Waals surface area contributed by atoms with Gasteiger partial charge in [0.15, 0.2) is 23.1 Å². The highest BCUT2D eigenvalue weighted by Gasteiger charge is 2.60. The van der Waals surface area contributed by atoms with Gasteiger partial charge in [-0.3, -0.25) is 14.4 Å². The van der Waals surface area contributed by atoms with Gasteiger partial charge < -0.3 is 42.1 Å². The smallest absolute Gasteiger partial charge is 0.255 e. The summed E-state index contributed by atoms with van der Waals surface area (Å²) in [6.07, 6.45) is -0.158. The molecule has 0 bridgehead atoms. The van der Waals surface area contributed by atoms with Crippen LogP contribution in [0.4, 0.5) is 17.1 Å². The number of Topliss-reactive ketones (excluding diaryl/α,β-unsaturated/α-hetero) is 2. The van der Waals surface area contributed by atoms with Gasteiger partial charge in [0.1, 0.15) is 22.8 Å². The lowest BCUT2D eigenvalue weighted by Gasteiger charge is -2.46. The fourth-order valence-corrected chi connectivity index (χ4v) is 6.08. The van der Waals surface area contributed by atoms with Crippen LogP contribution >= 0.6 is 0 Å². The standard InChI is InChI=1S/C29H31N5O7/c1-12-4-6-15(7-5-12)32-28(31)33-17-11-18(34(2)3)16-9-13-8-14-10-19(35)22(27(30)40)26(39)29(14,41)25(38)20(13)24(37)21(16)23(17)36/h4-7,11,13-14,36-37,39,41H,8-10H2,1-3H3,(H2,30,40)(H3,31,32,33)/t13-,14+,29+/m1/s1. The number of rotatable bonds is 4. The molecule has 5 rings (SSSR count). The van der Waals surface area contributed by atoms with Gasteiger partial charge in [-0.25, -0.2) is 4.99 Å². The predicted octanol–water partition coefficient (Wildman–Crippen LogP) is 1.86. The lowest BCUT2D eigenvalue weighted by molar-refractivity contribution is -0.147. The molecular weight excluding hydrogens is 530 g/mol. The Morgan fingerprint density at radius 3 is 2.37 bits per heavy atom. The number of aliphatic imine (C=N–C) groups is 1. The van der Waals surface area contributed by atoms with Crippen molar-refractivity contribution in [3.63, 3.8) is 0 Å². The molecule has 0 aliphatic heterocycles. The number of aromatic hydroxyl groups is 1. The molecule has 1 fully saturated rings. The molecule has 0 saturated heterocycles. The van der Waals surface area contributed by atoms with Crippen molar-refractivity contribution in [3.8, 4) is 5.75 Å². The molecule has 1 amide bonds. The molecule has 2 aromatic rings. The summed E-state index contributed by atoms with van der Waals surface area (Å²) in [6, 6.07) is 9.00. The minimum atomic E-state index is -2.63. The SMILES string of the molecule is Cc1ccc(NC(N)=Nc2cc(N(C)C)c3c(c2O)C(O)=C2C(=O)[C@]4(O)C(O)=C(C(N)=O)C(=O)C[C@@H]4C[C@@H]2C3)cc1. The van der Waals surface area contributed by atoms with Crippen LogP contribution < -0.4 is 21.7 Å².